The molecule has 1 aliphatic rings. The molecule has 1 atom stereocenters. The highest BCUT2D eigenvalue weighted by Gasteiger charge is 2.20. The van der Waals surface area contributed by atoms with E-state index < -0.39 is 0 Å². The first-order valence-electron chi connectivity index (χ1n) is 11.2. The number of hydrogen-bond acceptors (Lipinski definition) is 7. The standard InChI is InChI=1S/C26H23FN6O2/c1-2-25(34)33-23-12-19-22(13-24(23)35-17-8-9-28-14-17)30-15-31-26(19)32-16-7-10-29-21(11-16)18-5-3-4-6-20(18)27/h2-7,10-13,15,17,28H,1,8-9,14H2,(H,33,34)(H,29,30,31,32). The van der Waals surface area contributed by atoms with Gasteiger partial charge in [-0.3, -0.25) is 9.78 Å². The molecule has 1 amide bonds. The van der Waals surface area contributed by atoms with Gasteiger partial charge < -0.3 is 20.7 Å². The van der Waals surface area contributed by atoms with Gasteiger partial charge in [0.1, 0.15) is 29.8 Å². The number of ether oxygens (including phenoxy) is 1. The van der Waals surface area contributed by atoms with E-state index in [1.165, 1.54) is 18.5 Å². The van der Waals surface area contributed by atoms with Crippen LogP contribution in [-0.4, -0.2) is 40.1 Å². The predicted molar refractivity (Wildman–Crippen MR) is 133 cm³/mol. The summed E-state index contributed by atoms with van der Waals surface area (Å²) in [5, 5.41) is 10.0. The van der Waals surface area contributed by atoms with E-state index in [1.54, 1.807) is 48.7 Å². The van der Waals surface area contributed by atoms with Crippen molar-refractivity contribution in [2.45, 2.75) is 12.5 Å². The highest BCUT2D eigenvalue weighted by molar-refractivity contribution is 6.03. The van der Waals surface area contributed by atoms with Crippen molar-refractivity contribution in [3.63, 3.8) is 0 Å². The summed E-state index contributed by atoms with van der Waals surface area (Å²) in [6.07, 6.45) is 5.13. The van der Waals surface area contributed by atoms with Crippen molar-refractivity contribution in [1.82, 2.24) is 20.3 Å². The third-order valence-corrected chi connectivity index (χ3v) is 5.66. The second kappa shape index (κ2) is 9.86. The van der Waals surface area contributed by atoms with Gasteiger partial charge in [-0.2, -0.15) is 0 Å². The normalized spacial score (nSPS) is 15.1. The molecule has 0 bridgehead atoms. The maximum Gasteiger partial charge on any atom is 0.247 e. The highest BCUT2D eigenvalue weighted by Crippen LogP contribution is 2.35. The maximum absolute atomic E-state index is 14.3. The molecule has 0 spiro atoms. The lowest BCUT2D eigenvalue weighted by Gasteiger charge is -2.18. The van der Waals surface area contributed by atoms with Crippen molar-refractivity contribution >= 4 is 34.0 Å². The zero-order valence-electron chi connectivity index (χ0n) is 18.8. The Balaban J connectivity index is 1.51. The van der Waals surface area contributed by atoms with Gasteiger partial charge in [0.05, 0.1) is 16.9 Å². The number of hydrogen-bond donors (Lipinski definition) is 3. The number of halogens is 1. The van der Waals surface area contributed by atoms with Gasteiger partial charge in [-0.1, -0.05) is 18.7 Å². The molecule has 176 valence electrons. The van der Waals surface area contributed by atoms with Gasteiger partial charge in [0, 0.05) is 35.4 Å². The molecule has 35 heavy (non-hydrogen) atoms. The summed E-state index contributed by atoms with van der Waals surface area (Å²) >= 11 is 0. The van der Waals surface area contributed by atoms with E-state index in [9.17, 15) is 9.18 Å². The summed E-state index contributed by atoms with van der Waals surface area (Å²) in [7, 11) is 0. The lowest BCUT2D eigenvalue weighted by molar-refractivity contribution is -0.111. The van der Waals surface area contributed by atoms with Crippen molar-refractivity contribution in [3.8, 4) is 17.0 Å². The number of nitrogens with one attached hydrogen (secondary N) is 3. The Labute approximate surface area is 201 Å². The van der Waals surface area contributed by atoms with Crippen molar-refractivity contribution < 1.29 is 13.9 Å². The van der Waals surface area contributed by atoms with Gasteiger partial charge in [-0.05, 0) is 49.4 Å². The van der Waals surface area contributed by atoms with Crippen LogP contribution in [0.25, 0.3) is 22.2 Å². The number of amides is 1. The predicted octanol–water partition coefficient (Wildman–Crippen LogP) is 4.44. The third-order valence-electron chi connectivity index (χ3n) is 5.66. The molecule has 3 heterocycles. The van der Waals surface area contributed by atoms with Crippen LogP contribution in [0.3, 0.4) is 0 Å². The van der Waals surface area contributed by atoms with Crippen LogP contribution in [0.5, 0.6) is 5.75 Å². The smallest absolute Gasteiger partial charge is 0.247 e. The van der Waals surface area contributed by atoms with Gasteiger partial charge in [0.25, 0.3) is 0 Å². The molecule has 2 aromatic carbocycles. The Morgan fingerprint density at radius 3 is 2.86 bits per heavy atom. The van der Waals surface area contributed by atoms with Crippen molar-refractivity contribution in [2.24, 2.45) is 0 Å². The van der Waals surface area contributed by atoms with Crippen LogP contribution < -0.4 is 20.7 Å². The Morgan fingerprint density at radius 1 is 1.17 bits per heavy atom. The van der Waals surface area contributed by atoms with Crippen LogP contribution in [0.15, 0.2) is 73.7 Å². The summed E-state index contributed by atoms with van der Waals surface area (Å²) in [6, 6.07) is 13.6. The first-order chi connectivity index (χ1) is 17.1. The molecule has 4 aromatic rings. The topological polar surface area (TPSA) is 101 Å². The summed E-state index contributed by atoms with van der Waals surface area (Å²) in [5.41, 5.74) is 2.71. The van der Waals surface area contributed by atoms with Crippen molar-refractivity contribution in [3.05, 3.63) is 79.5 Å². The number of benzene rings is 2. The summed E-state index contributed by atoms with van der Waals surface area (Å²) in [6.45, 7) is 5.14. The van der Waals surface area contributed by atoms with Crippen LogP contribution in [0.1, 0.15) is 6.42 Å². The minimum Gasteiger partial charge on any atom is -0.487 e. The van der Waals surface area contributed by atoms with Crippen LogP contribution in [-0.2, 0) is 4.79 Å². The maximum atomic E-state index is 14.3. The van der Waals surface area contributed by atoms with E-state index in [4.69, 9.17) is 4.74 Å². The summed E-state index contributed by atoms with van der Waals surface area (Å²) in [5.74, 6) is 0.340. The largest absolute Gasteiger partial charge is 0.487 e. The molecule has 1 unspecified atom stereocenters. The Bertz CT molecular complexity index is 1400. The molecular weight excluding hydrogens is 447 g/mol. The van der Waals surface area contributed by atoms with Gasteiger partial charge >= 0.3 is 0 Å². The Morgan fingerprint density at radius 2 is 2.06 bits per heavy atom. The van der Waals surface area contributed by atoms with Gasteiger partial charge in [-0.25, -0.2) is 14.4 Å². The number of carbonyl (C=O) groups is 1. The van der Waals surface area contributed by atoms with Crippen LogP contribution in [0.2, 0.25) is 0 Å². The minimum atomic E-state index is -0.353. The molecular formula is C26H23FN6O2. The first kappa shape index (κ1) is 22.4. The number of carbonyl (C=O) groups excluding carboxylic acids is 1. The van der Waals surface area contributed by atoms with E-state index in [-0.39, 0.29) is 17.8 Å². The molecule has 0 saturated carbocycles. The Kier molecular flexibility index (Phi) is 6.32. The molecule has 9 heteroatoms. The van der Waals surface area contributed by atoms with E-state index in [1.807, 2.05) is 0 Å². The number of anilines is 3. The molecule has 2 aromatic heterocycles. The SMILES string of the molecule is C=CC(=O)Nc1cc2c(Nc3ccnc(-c4ccccc4F)c3)ncnc2cc1OC1CCNC1. The van der Waals surface area contributed by atoms with E-state index in [0.717, 1.165) is 19.5 Å². The average Bonchev–Trinajstić information content (AvgIpc) is 3.38. The summed E-state index contributed by atoms with van der Waals surface area (Å²) in [4.78, 5) is 25.2. The molecule has 0 radical (unpaired) electrons. The first-order valence-corrected chi connectivity index (χ1v) is 11.2. The lowest BCUT2D eigenvalue weighted by atomic mass is 10.1. The van der Waals surface area contributed by atoms with E-state index >= 15 is 0 Å². The van der Waals surface area contributed by atoms with Gasteiger partial charge in [0.2, 0.25) is 5.91 Å². The lowest BCUT2D eigenvalue weighted by Crippen LogP contribution is -2.20. The number of fused-ring (bicyclic) bond motifs is 1. The second-order valence-electron chi connectivity index (χ2n) is 8.05. The zero-order chi connectivity index (χ0) is 24.2. The monoisotopic (exact) mass is 470 g/mol. The Hall–Kier alpha value is -4.37. The fourth-order valence-corrected chi connectivity index (χ4v) is 3.93. The number of aromatic nitrogens is 3. The quantitative estimate of drug-likeness (QED) is 0.343. The fourth-order valence-electron chi connectivity index (χ4n) is 3.93. The van der Waals surface area contributed by atoms with E-state index in [0.29, 0.717) is 45.1 Å². The molecule has 1 aliphatic heterocycles. The van der Waals surface area contributed by atoms with Gasteiger partial charge in [-0.15, -0.1) is 0 Å². The molecule has 5 rings (SSSR count). The summed E-state index contributed by atoms with van der Waals surface area (Å²) < 4.78 is 20.4. The molecule has 3 N–H and O–H groups in total. The van der Waals surface area contributed by atoms with E-state index in [2.05, 4.69) is 37.5 Å². The zero-order valence-corrected chi connectivity index (χ0v) is 18.8. The number of nitrogens with zero attached hydrogens (tertiary/aromatic N) is 3. The minimum absolute atomic E-state index is 0.000104. The third kappa shape index (κ3) is 4.95. The van der Waals surface area contributed by atoms with Gasteiger partial charge in [0.15, 0.2) is 0 Å². The van der Waals surface area contributed by atoms with Crippen molar-refractivity contribution in [2.75, 3.05) is 23.7 Å². The second-order valence-corrected chi connectivity index (χ2v) is 8.05. The molecule has 8 nitrogen and oxygen atoms in total. The molecule has 1 saturated heterocycles. The van der Waals surface area contributed by atoms with Crippen molar-refractivity contribution in [1.29, 1.82) is 0 Å². The highest BCUT2D eigenvalue weighted by atomic mass is 19.1. The average molecular weight is 471 g/mol. The van der Waals surface area contributed by atoms with Crippen LogP contribution >= 0.6 is 0 Å². The van der Waals surface area contributed by atoms with Crippen LogP contribution in [0.4, 0.5) is 21.6 Å². The number of rotatable bonds is 7. The van der Waals surface area contributed by atoms with Crippen LogP contribution in [0, 0.1) is 5.82 Å². The fraction of sp³-hybridized carbons (Fsp3) is 0.154. The molecule has 0 aliphatic carbocycles. The molecule has 1 fully saturated rings. The number of pyridine rings is 1.